The van der Waals surface area contributed by atoms with Gasteiger partial charge in [0.15, 0.2) is 0 Å². The van der Waals surface area contributed by atoms with Crippen LogP contribution < -0.4 is 10.9 Å². The van der Waals surface area contributed by atoms with Crippen LogP contribution >= 0.6 is 15.9 Å². The molecule has 2 atom stereocenters. The number of amides is 1. The number of hydrogen-bond acceptors (Lipinski definition) is 4. The van der Waals surface area contributed by atoms with E-state index < -0.39 is 0 Å². The van der Waals surface area contributed by atoms with Gasteiger partial charge in [-0.15, -0.1) is 0 Å². The summed E-state index contributed by atoms with van der Waals surface area (Å²) in [5.74, 6) is 0.119. The Bertz CT molecular complexity index is 1100. The number of carbonyl (C=O) groups excluding carboxylic acids is 1. The highest BCUT2D eigenvalue weighted by Crippen LogP contribution is 2.36. The second-order valence-electron chi connectivity index (χ2n) is 9.97. The number of halogens is 1. The molecule has 0 radical (unpaired) electrons. The van der Waals surface area contributed by atoms with Crippen molar-refractivity contribution in [3.8, 4) is 0 Å². The molecule has 1 saturated heterocycles. The Kier molecular flexibility index (Phi) is 8.84. The number of carbonyl (C=O) groups is 1. The van der Waals surface area contributed by atoms with Gasteiger partial charge in [0.2, 0.25) is 5.91 Å². The lowest BCUT2D eigenvalue weighted by atomic mass is 9.80. The average molecular weight is 545 g/mol. The molecule has 2 fully saturated rings. The number of nitrogens with zero attached hydrogens (tertiary/aromatic N) is 2. The third-order valence-corrected chi connectivity index (χ3v) is 8.25. The third kappa shape index (κ3) is 6.43. The van der Waals surface area contributed by atoms with Gasteiger partial charge in [0.05, 0.1) is 5.92 Å². The van der Waals surface area contributed by atoms with Crippen molar-refractivity contribution in [1.82, 2.24) is 14.8 Å². The normalized spacial score (nSPS) is 20.1. The molecule has 1 aliphatic heterocycles. The number of aryl methyl sites for hydroxylation is 2. The van der Waals surface area contributed by atoms with E-state index in [2.05, 4.69) is 45.2 Å². The van der Waals surface area contributed by atoms with E-state index in [9.17, 15) is 9.59 Å². The lowest BCUT2D eigenvalue weighted by molar-refractivity contribution is -0.138. The van der Waals surface area contributed by atoms with Crippen molar-refractivity contribution in [3.05, 3.63) is 67.5 Å². The highest BCUT2D eigenvalue weighted by Gasteiger charge is 2.40. The Labute approximate surface area is 217 Å². The molecule has 6 nitrogen and oxygen atoms in total. The van der Waals surface area contributed by atoms with Crippen molar-refractivity contribution in [3.63, 3.8) is 0 Å². The molecule has 4 rings (SSSR count). The summed E-state index contributed by atoms with van der Waals surface area (Å²) in [6.07, 6.45) is 6.77. The zero-order valence-electron chi connectivity index (χ0n) is 21.2. The van der Waals surface area contributed by atoms with Crippen LogP contribution in [-0.2, 0) is 29.5 Å². The van der Waals surface area contributed by atoms with Gasteiger partial charge in [-0.3, -0.25) is 9.59 Å². The fourth-order valence-electron chi connectivity index (χ4n) is 5.15. The fourth-order valence-corrected chi connectivity index (χ4v) is 5.70. The molecule has 1 aliphatic carbocycles. The summed E-state index contributed by atoms with van der Waals surface area (Å²) < 4.78 is 8.21. The van der Waals surface area contributed by atoms with Gasteiger partial charge in [0, 0.05) is 56.1 Å². The molecule has 1 aromatic carbocycles. The van der Waals surface area contributed by atoms with Crippen molar-refractivity contribution in [2.45, 2.75) is 64.5 Å². The van der Waals surface area contributed by atoms with Gasteiger partial charge in [-0.05, 0) is 92.8 Å². The van der Waals surface area contributed by atoms with Gasteiger partial charge in [-0.1, -0.05) is 22.0 Å². The predicted molar refractivity (Wildman–Crippen MR) is 143 cm³/mol. The second kappa shape index (κ2) is 11.8. The topological polar surface area (TPSA) is 63.6 Å². The Morgan fingerprint density at radius 1 is 1.26 bits per heavy atom. The van der Waals surface area contributed by atoms with Gasteiger partial charge >= 0.3 is 0 Å². The van der Waals surface area contributed by atoms with Gasteiger partial charge in [-0.2, -0.15) is 0 Å². The van der Waals surface area contributed by atoms with E-state index >= 15 is 0 Å². The standard InChI is InChI=1S/C28H38BrN3O3/c1-4-35-13-5-6-21-14-20(15-26(29)19(21)2)18-32(23-7-8-23)28(34)25-17-30-11-9-24(25)22-10-12-31(3)27(33)16-22/h10,12,14-16,23-25,30H,4-9,11,13,17-18H2,1-3H3/t24-,25+/m1/s1. The number of rotatable bonds is 10. The maximum absolute atomic E-state index is 14.0. The molecular weight excluding hydrogens is 506 g/mol. The van der Waals surface area contributed by atoms with E-state index in [1.54, 1.807) is 17.7 Å². The first-order valence-corrected chi connectivity index (χ1v) is 13.7. The van der Waals surface area contributed by atoms with Gasteiger partial charge in [0.1, 0.15) is 0 Å². The number of nitrogens with one attached hydrogen (secondary N) is 1. The predicted octanol–water partition coefficient (Wildman–Crippen LogP) is 4.31. The van der Waals surface area contributed by atoms with Crippen LogP contribution in [0.4, 0.5) is 0 Å². The van der Waals surface area contributed by atoms with Crippen molar-refractivity contribution < 1.29 is 9.53 Å². The Morgan fingerprint density at radius 3 is 2.77 bits per heavy atom. The molecule has 1 N–H and O–H groups in total. The fraction of sp³-hybridized carbons (Fsp3) is 0.571. The largest absolute Gasteiger partial charge is 0.382 e. The van der Waals surface area contributed by atoms with Crippen LogP contribution in [-0.4, -0.2) is 47.7 Å². The molecule has 1 amide bonds. The first-order valence-electron chi connectivity index (χ1n) is 12.9. The van der Waals surface area contributed by atoms with E-state index in [-0.39, 0.29) is 23.3 Å². The number of hydrogen-bond donors (Lipinski definition) is 1. The molecule has 190 valence electrons. The van der Waals surface area contributed by atoms with E-state index in [4.69, 9.17) is 4.74 Å². The van der Waals surface area contributed by atoms with Crippen LogP contribution in [0.2, 0.25) is 0 Å². The molecule has 7 heteroatoms. The summed E-state index contributed by atoms with van der Waals surface area (Å²) in [6, 6.07) is 8.47. The van der Waals surface area contributed by atoms with Crippen molar-refractivity contribution in [2.24, 2.45) is 13.0 Å². The van der Waals surface area contributed by atoms with E-state index in [1.165, 1.54) is 16.7 Å². The molecule has 2 heterocycles. The summed E-state index contributed by atoms with van der Waals surface area (Å²) >= 11 is 3.75. The summed E-state index contributed by atoms with van der Waals surface area (Å²) in [5.41, 5.74) is 4.71. The third-order valence-electron chi connectivity index (χ3n) is 7.43. The molecule has 0 unspecified atom stereocenters. The first-order chi connectivity index (χ1) is 16.9. The minimum atomic E-state index is -0.156. The smallest absolute Gasteiger partial charge is 0.250 e. The Balaban J connectivity index is 1.54. The second-order valence-corrected chi connectivity index (χ2v) is 10.8. The van der Waals surface area contributed by atoms with E-state index in [0.717, 1.165) is 61.9 Å². The molecule has 35 heavy (non-hydrogen) atoms. The SMILES string of the molecule is CCOCCCc1cc(CN(C(=O)[C@H]2CNCC[C@@H]2c2ccn(C)c(=O)c2)C2CC2)cc(Br)c1C. The number of piperidine rings is 1. The van der Waals surface area contributed by atoms with Crippen LogP contribution in [0, 0.1) is 12.8 Å². The van der Waals surface area contributed by atoms with Crippen LogP contribution in [0.1, 0.15) is 60.8 Å². The summed E-state index contributed by atoms with van der Waals surface area (Å²) in [6.45, 7) is 7.83. The highest BCUT2D eigenvalue weighted by molar-refractivity contribution is 9.10. The minimum absolute atomic E-state index is 0.0207. The van der Waals surface area contributed by atoms with Crippen molar-refractivity contribution >= 4 is 21.8 Å². The number of benzene rings is 1. The summed E-state index contributed by atoms with van der Waals surface area (Å²) in [4.78, 5) is 28.4. The molecule has 1 aromatic heterocycles. The maximum atomic E-state index is 14.0. The van der Waals surface area contributed by atoms with E-state index in [1.807, 2.05) is 19.2 Å². The van der Waals surface area contributed by atoms with Crippen LogP contribution in [0.5, 0.6) is 0 Å². The molecule has 0 spiro atoms. The van der Waals surface area contributed by atoms with Gasteiger partial charge in [0.25, 0.3) is 5.56 Å². The summed E-state index contributed by atoms with van der Waals surface area (Å²) in [5, 5.41) is 3.43. The Morgan fingerprint density at radius 2 is 2.06 bits per heavy atom. The zero-order valence-corrected chi connectivity index (χ0v) is 22.8. The first kappa shape index (κ1) is 26.1. The number of ether oxygens (including phenoxy) is 1. The van der Waals surface area contributed by atoms with Gasteiger partial charge < -0.3 is 19.5 Å². The average Bonchev–Trinajstić information content (AvgIpc) is 3.70. The quantitative estimate of drug-likeness (QED) is 0.453. The highest BCUT2D eigenvalue weighted by atomic mass is 79.9. The molecule has 1 saturated carbocycles. The molecule has 0 bridgehead atoms. The number of aromatic nitrogens is 1. The molecule has 2 aromatic rings. The molecular formula is C28H38BrN3O3. The van der Waals surface area contributed by atoms with Crippen LogP contribution in [0.25, 0.3) is 0 Å². The lowest BCUT2D eigenvalue weighted by Crippen LogP contribution is -2.47. The van der Waals surface area contributed by atoms with E-state index in [0.29, 0.717) is 19.1 Å². The van der Waals surface area contributed by atoms with Gasteiger partial charge in [-0.25, -0.2) is 0 Å². The van der Waals surface area contributed by atoms with Crippen molar-refractivity contribution in [1.29, 1.82) is 0 Å². The van der Waals surface area contributed by atoms with Crippen LogP contribution in [0.3, 0.4) is 0 Å². The monoisotopic (exact) mass is 543 g/mol. The minimum Gasteiger partial charge on any atom is -0.382 e. The van der Waals surface area contributed by atoms with Crippen LogP contribution in [0.15, 0.2) is 39.7 Å². The zero-order chi connectivity index (χ0) is 24.9. The lowest BCUT2D eigenvalue weighted by Gasteiger charge is -2.36. The Hall–Kier alpha value is -1.96. The maximum Gasteiger partial charge on any atom is 0.250 e. The molecule has 2 aliphatic rings. The number of pyridine rings is 1. The van der Waals surface area contributed by atoms with Crippen molar-refractivity contribution in [2.75, 3.05) is 26.3 Å². The summed E-state index contributed by atoms with van der Waals surface area (Å²) in [7, 11) is 1.76.